The smallest absolute Gasteiger partial charge is 0.255 e. The van der Waals surface area contributed by atoms with E-state index in [0.717, 1.165) is 0 Å². The summed E-state index contributed by atoms with van der Waals surface area (Å²) < 4.78 is 0. The molecular formula is C20H23N3O3. The number of hydrogen-bond acceptors (Lipinski definition) is 3. The summed E-state index contributed by atoms with van der Waals surface area (Å²) in [5.41, 5.74) is 2.30. The molecule has 6 nitrogen and oxygen atoms in total. The van der Waals surface area contributed by atoms with Gasteiger partial charge in [0.25, 0.3) is 11.8 Å². The monoisotopic (exact) mass is 353 g/mol. The molecule has 0 spiro atoms. The molecule has 2 N–H and O–H groups in total. The summed E-state index contributed by atoms with van der Waals surface area (Å²) in [5.74, 6) is -0.462. The third-order valence-corrected chi connectivity index (χ3v) is 3.91. The second kappa shape index (κ2) is 8.80. The van der Waals surface area contributed by atoms with E-state index < -0.39 is 0 Å². The molecule has 0 bridgehead atoms. The van der Waals surface area contributed by atoms with Crippen LogP contribution in [0.5, 0.6) is 0 Å². The van der Waals surface area contributed by atoms with Gasteiger partial charge in [0.05, 0.1) is 0 Å². The molecule has 0 saturated heterocycles. The molecule has 2 aromatic carbocycles. The SMILES string of the molecule is CCN(CC)C(=O)c1ccc(C(=O)Nc2ccc(NC(C)=O)cc2)cc1. The Morgan fingerprint density at radius 2 is 1.23 bits per heavy atom. The Bertz CT molecular complexity index is 779. The van der Waals surface area contributed by atoms with Crippen molar-refractivity contribution in [3.8, 4) is 0 Å². The summed E-state index contributed by atoms with van der Waals surface area (Å²) in [6, 6.07) is 13.4. The highest BCUT2D eigenvalue weighted by molar-refractivity contribution is 6.05. The minimum absolute atomic E-state index is 0.0458. The predicted octanol–water partition coefficient (Wildman–Crippen LogP) is 3.38. The Morgan fingerprint density at radius 3 is 1.69 bits per heavy atom. The van der Waals surface area contributed by atoms with Gasteiger partial charge in [-0.3, -0.25) is 14.4 Å². The Balaban J connectivity index is 2.03. The molecule has 0 fully saturated rings. The first kappa shape index (κ1) is 19.2. The largest absolute Gasteiger partial charge is 0.339 e. The van der Waals surface area contributed by atoms with Crippen LogP contribution >= 0.6 is 0 Å². The summed E-state index contributed by atoms with van der Waals surface area (Å²) in [5, 5.41) is 5.45. The average Bonchev–Trinajstić information content (AvgIpc) is 2.64. The third-order valence-electron chi connectivity index (χ3n) is 3.91. The van der Waals surface area contributed by atoms with Gasteiger partial charge in [-0.05, 0) is 62.4 Å². The number of benzene rings is 2. The maximum absolute atomic E-state index is 12.3. The Hall–Kier alpha value is -3.15. The molecule has 0 unspecified atom stereocenters. The maximum Gasteiger partial charge on any atom is 0.255 e. The van der Waals surface area contributed by atoms with Crippen molar-refractivity contribution in [2.24, 2.45) is 0 Å². The van der Waals surface area contributed by atoms with Gasteiger partial charge in [0.1, 0.15) is 0 Å². The molecule has 2 rings (SSSR count). The zero-order valence-corrected chi connectivity index (χ0v) is 15.2. The van der Waals surface area contributed by atoms with Gasteiger partial charge in [-0.15, -0.1) is 0 Å². The van der Waals surface area contributed by atoms with Crippen LogP contribution in [-0.2, 0) is 4.79 Å². The third kappa shape index (κ3) is 4.92. The van der Waals surface area contributed by atoms with Gasteiger partial charge < -0.3 is 15.5 Å². The van der Waals surface area contributed by atoms with E-state index in [2.05, 4.69) is 10.6 Å². The fraction of sp³-hybridized carbons (Fsp3) is 0.250. The zero-order valence-electron chi connectivity index (χ0n) is 15.2. The Kier molecular flexibility index (Phi) is 6.49. The van der Waals surface area contributed by atoms with Crippen LogP contribution in [0.1, 0.15) is 41.5 Å². The summed E-state index contributed by atoms with van der Waals surface area (Å²) in [4.78, 5) is 37.3. The van der Waals surface area contributed by atoms with Crippen LogP contribution in [0.3, 0.4) is 0 Å². The summed E-state index contributed by atoms with van der Waals surface area (Å²) in [7, 11) is 0. The van der Waals surface area contributed by atoms with Crippen molar-refractivity contribution in [3.05, 3.63) is 59.7 Å². The van der Waals surface area contributed by atoms with Gasteiger partial charge >= 0.3 is 0 Å². The van der Waals surface area contributed by atoms with Gasteiger partial charge in [-0.25, -0.2) is 0 Å². The van der Waals surface area contributed by atoms with Gasteiger partial charge in [0.15, 0.2) is 0 Å². The van der Waals surface area contributed by atoms with Crippen LogP contribution in [0.2, 0.25) is 0 Å². The van der Waals surface area contributed by atoms with E-state index in [1.54, 1.807) is 53.4 Å². The van der Waals surface area contributed by atoms with Gasteiger partial charge in [0, 0.05) is 42.5 Å². The summed E-state index contributed by atoms with van der Waals surface area (Å²) in [6.45, 7) is 6.59. The molecule has 6 heteroatoms. The van der Waals surface area contributed by atoms with Crippen molar-refractivity contribution in [3.63, 3.8) is 0 Å². The lowest BCUT2D eigenvalue weighted by Crippen LogP contribution is -2.30. The molecule has 0 aliphatic rings. The van der Waals surface area contributed by atoms with Crippen LogP contribution < -0.4 is 10.6 Å². The first-order valence-electron chi connectivity index (χ1n) is 8.53. The molecule has 0 aromatic heterocycles. The van der Waals surface area contributed by atoms with E-state index in [1.165, 1.54) is 6.92 Å². The van der Waals surface area contributed by atoms with E-state index in [9.17, 15) is 14.4 Å². The number of nitrogens with zero attached hydrogens (tertiary/aromatic N) is 1. The molecule has 3 amide bonds. The number of carbonyl (C=O) groups is 3. The van der Waals surface area contributed by atoms with Crippen LogP contribution in [0.25, 0.3) is 0 Å². The Morgan fingerprint density at radius 1 is 0.769 bits per heavy atom. The van der Waals surface area contributed by atoms with Gasteiger partial charge in [-0.1, -0.05) is 0 Å². The first-order valence-corrected chi connectivity index (χ1v) is 8.53. The van der Waals surface area contributed by atoms with Gasteiger partial charge in [-0.2, -0.15) is 0 Å². The van der Waals surface area contributed by atoms with Gasteiger partial charge in [0.2, 0.25) is 5.91 Å². The number of anilines is 2. The lowest BCUT2D eigenvalue weighted by atomic mass is 10.1. The van der Waals surface area contributed by atoms with Crippen LogP contribution in [0.15, 0.2) is 48.5 Å². The van der Waals surface area contributed by atoms with Crippen molar-refractivity contribution < 1.29 is 14.4 Å². The lowest BCUT2D eigenvalue weighted by Gasteiger charge is -2.18. The highest BCUT2D eigenvalue weighted by atomic mass is 16.2. The van der Waals surface area contributed by atoms with E-state index in [1.807, 2.05) is 13.8 Å². The number of rotatable bonds is 6. The molecule has 26 heavy (non-hydrogen) atoms. The minimum atomic E-state index is -0.265. The fourth-order valence-corrected chi connectivity index (χ4v) is 2.50. The van der Waals surface area contributed by atoms with Crippen LogP contribution in [-0.4, -0.2) is 35.7 Å². The second-order valence-electron chi connectivity index (χ2n) is 5.77. The molecule has 2 aromatic rings. The molecule has 0 saturated carbocycles. The van der Waals surface area contributed by atoms with Crippen molar-refractivity contribution in [1.29, 1.82) is 0 Å². The van der Waals surface area contributed by atoms with Crippen molar-refractivity contribution in [2.75, 3.05) is 23.7 Å². The number of amides is 3. The topological polar surface area (TPSA) is 78.5 Å². The molecule has 0 aliphatic heterocycles. The molecule has 0 radical (unpaired) electrons. The second-order valence-corrected chi connectivity index (χ2v) is 5.77. The zero-order chi connectivity index (χ0) is 19.1. The maximum atomic E-state index is 12.3. The van der Waals surface area contributed by atoms with Crippen LogP contribution in [0.4, 0.5) is 11.4 Å². The Labute approximate surface area is 153 Å². The van der Waals surface area contributed by atoms with E-state index >= 15 is 0 Å². The highest BCUT2D eigenvalue weighted by Crippen LogP contribution is 2.15. The summed E-state index contributed by atoms with van der Waals surface area (Å²) >= 11 is 0. The average molecular weight is 353 g/mol. The van der Waals surface area contributed by atoms with Crippen molar-refractivity contribution in [1.82, 2.24) is 4.90 Å². The van der Waals surface area contributed by atoms with E-state index in [-0.39, 0.29) is 17.7 Å². The molecule has 0 aliphatic carbocycles. The number of carbonyl (C=O) groups excluding carboxylic acids is 3. The minimum Gasteiger partial charge on any atom is -0.339 e. The van der Waals surface area contributed by atoms with Crippen molar-refractivity contribution in [2.45, 2.75) is 20.8 Å². The lowest BCUT2D eigenvalue weighted by molar-refractivity contribution is -0.114. The number of nitrogens with one attached hydrogen (secondary N) is 2. The molecule has 0 atom stereocenters. The van der Waals surface area contributed by atoms with E-state index in [0.29, 0.717) is 35.6 Å². The molecular weight excluding hydrogens is 330 g/mol. The first-order chi connectivity index (χ1) is 12.4. The van der Waals surface area contributed by atoms with E-state index in [4.69, 9.17) is 0 Å². The fourth-order valence-electron chi connectivity index (χ4n) is 2.50. The quantitative estimate of drug-likeness (QED) is 0.836. The predicted molar refractivity (Wildman–Crippen MR) is 102 cm³/mol. The highest BCUT2D eigenvalue weighted by Gasteiger charge is 2.13. The summed E-state index contributed by atoms with van der Waals surface area (Å²) in [6.07, 6.45) is 0. The van der Waals surface area contributed by atoms with Crippen molar-refractivity contribution >= 4 is 29.1 Å². The molecule has 0 heterocycles. The number of hydrogen-bond donors (Lipinski definition) is 2. The standard InChI is InChI=1S/C20H23N3O3/c1-4-23(5-2)20(26)16-8-6-15(7-9-16)19(25)22-18-12-10-17(11-13-18)21-14(3)24/h6-13H,4-5H2,1-3H3,(H,21,24)(H,22,25). The molecule has 136 valence electrons. The van der Waals surface area contributed by atoms with Crippen LogP contribution in [0, 0.1) is 0 Å². The normalized spacial score (nSPS) is 10.1.